The molecule has 0 saturated carbocycles. The first-order valence-electron chi connectivity index (χ1n) is 6.87. The lowest BCUT2D eigenvalue weighted by atomic mass is 10.2. The summed E-state index contributed by atoms with van der Waals surface area (Å²) in [5.74, 6) is -0.390. The van der Waals surface area contributed by atoms with Crippen LogP contribution in [-0.2, 0) is 16.6 Å². The van der Waals surface area contributed by atoms with Crippen LogP contribution < -0.4 is 15.8 Å². The minimum Gasteiger partial charge on any atom is -0.387 e. The zero-order valence-electron chi connectivity index (χ0n) is 12.0. The van der Waals surface area contributed by atoms with E-state index in [2.05, 4.69) is 15.3 Å². The van der Waals surface area contributed by atoms with Gasteiger partial charge >= 0.3 is 0 Å². The number of amides is 1. The van der Waals surface area contributed by atoms with E-state index in [-0.39, 0.29) is 11.7 Å². The van der Waals surface area contributed by atoms with Crippen molar-refractivity contribution in [1.82, 2.24) is 15.1 Å². The van der Waals surface area contributed by atoms with Crippen LogP contribution in [0.3, 0.4) is 0 Å². The van der Waals surface area contributed by atoms with Crippen molar-refractivity contribution in [2.24, 2.45) is 7.05 Å². The number of aromatic nitrogens is 2. The van der Waals surface area contributed by atoms with Crippen LogP contribution in [0.4, 0.5) is 5.69 Å². The summed E-state index contributed by atoms with van der Waals surface area (Å²) in [6.07, 6.45) is 2.29. The van der Waals surface area contributed by atoms with Gasteiger partial charge in [-0.25, -0.2) is 4.68 Å². The van der Waals surface area contributed by atoms with E-state index in [1.54, 1.807) is 19.3 Å². The predicted octanol–water partition coefficient (Wildman–Crippen LogP) is -1.52. The number of aliphatic hydroxyl groups is 1. The first-order valence-corrected chi connectivity index (χ1v) is 6.87. The molecule has 1 aromatic rings. The minimum atomic E-state index is -0.503. The molecule has 1 aliphatic heterocycles. The molecule has 2 rings (SSSR count). The Bertz CT molecular complexity index is 545. The second kappa shape index (κ2) is 7.19. The number of nitrogens with one attached hydrogen (secondary N) is 1. The van der Waals surface area contributed by atoms with E-state index >= 15 is 0 Å². The molecule has 21 heavy (non-hydrogen) atoms. The van der Waals surface area contributed by atoms with E-state index in [9.17, 15) is 9.59 Å². The topological polar surface area (TPSA) is 96.7 Å². The van der Waals surface area contributed by atoms with Crippen LogP contribution in [0.15, 0.2) is 17.1 Å². The Morgan fingerprint density at radius 1 is 1.62 bits per heavy atom. The largest absolute Gasteiger partial charge is 0.387 e. The van der Waals surface area contributed by atoms with Crippen molar-refractivity contribution in [3.05, 3.63) is 22.6 Å². The Morgan fingerprint density at radius 3 is 3.14 bits per heavy atom. The zero-order valence-corrected chi connectivity index (χ0v) is 12.0. The number of anilines is 1. The van der Waals surface area contributed by atoms with Crippen molar-refractivity contribution in [2.45, 2.75) is 12.5 Å². The highest BCUT2D eigenvalue weighted by Crippen LogP contribution is 2.16. The summed E-state index contributed by atoms with van der Waals surface area (Å²) in [5, 5.41) is 15.2. The number of nitrogens with zero attached hydrogens (tertiary/aromatic N) is 3. The normalized spacial score (nSPS) is 18.6. The Hall–Kier alpha value is -1.93. The molecule has 0 aromatic carbocycles. The first kappa shape index (κ1) is 15.5. The van der Waals surface area contributed by atoms with Crippen LogP contribution in [0.25, 0.3) is 0 Å². The summed E-state index contributed by atoms with van der Waals surface area (Å²) in [6.45, 7) is 1.86. The molecule has 1 amide bonds. The SMILES string of the molecule is Cn1ncc(N2CCO[C@@H](CCNC(=O)CO)C2)cc1=O. The molecule has 2 N–H and O–H groups in total. The lowest BCUT2D eigenvalue weighted by Gasteiger charge is -2.34. The van der Waals surface area contributed by atoms with E-state index < -0.39 is 12.5 Å². The smallest absolute Gasteiger partial charge is 0.268 e. The predicted molar refractivity (Wildman–Crippen MR) is 76.1 cm³/mol. The number of morpholine rings is 1. The van der Waals surface area contributed by atoms with Crippen LogP contribution in [0, 0.1) is 0 Å². The van der Waals surface area contributed by atoms with Gasteiger partial charge < -0.3 is 20.1 Å². The van der Waals surface area contributed by atoms with Gasteiger partial charge in [0.25, 0.3) is 5.56 Å². The number of carbonyl (C=O) groups excluding carboxylic acids is 1. The first-order chi connectivity index (χ1) is 10.1. The molecule has 1 aliphatic rings. The lowest BCUT2D eigenvalue weighted by Crippen LogP contribution is -2.44. The van der Waals surface area contributed by atoms with Gasteiger partial charge in [-0.3, -0.25) is 9.59 Å². The van der Waals surface area contributed by atoms with E-state index in [1.807, 2.05) is 0 Å². The number of ether oxygens (including phenoxy) is 1. The molecule has 1 saturated heterocycles. The molecule has 116 valence electrons. The van der Waals surface area contributed by atoms with Crippen LogP contribution >= 0.6 is 0 Å². The molecule has 0 radical (unpaired) electrons. The van der Waals surface area contributed by atoms with Crippen LogP contribution in [-0.4, -0.2) is 59.7 Å². The van der Waals surface area contributed by atoms with Gasteiger partial charge in [0.15, 0.2) is 0 Å². The second-order valence-electron chi connectivity index (χ2n) is 4.91. The third kappa shape index (κ3) is 4.27. The zero-order chi connectivity index (χ0) is 15.2. The number of hydrogen-bond donors (Lipinski definition) is 2. The number of aliphatic hydroxyl groups excluding tert-OH is 1. The molecule has 8 heteroatoms. The van der Waals surface area contributed by atoms with E-state index in [4.69, 9.17) is 9.84 Å². The lowest BCUT2D eigenvalue weighted by molar-refractivity contribution is -0.123. The molecule has 2 heterocycles. The minimum absolute atomic E-state index is 0.0261. The quantitative estimate of drug-likeness (QED) is 0.685. The van der Waals surface area contributed by atoms with Crippen molar-refractivity contribution in [3.8, 4) is 0 Å². The van der Waals surface area contributed by atoms with E-state index in [1.165, 1.54) is 4.68 Å². The average molecular weight is 296 g/mol. The second-order valence-corrected chi connectivity index (χ2v) is 4.91. The third-order valence-electron chi connectivity index (χ3n) is 3.39. The molecular formula is C13H20N4O4. The fraction of sp³-hybridized carbons (Fsp3) is 0.615. The standard InChI is InChI=1S/C13H20N4O4/c1-16-13(20)6-10(7-15-16)17-4-5-21-11(8-17)2-3-14-12(19)9-18/h6-7,11,18H,2-5,8-9H2,1H3,(H,14,19)/t11-/m0/s1. The van der Waals surface area contributed by atoms with Crippen molar-refractivity contribution in [1.29, 1.82) is 0 Å². The maximum absolute atomic E-state index is 11.6. The van der Waals surface area contributed by atoms with E-state index in [0.717, 1.165) is 5.69 Å². The monoisotopic (exact) mass is 296 g/mol. The summed E-state index contributed by atoms with van der Waals surface area (Å²) in [5.41, 5.74) is 0.636. The van der Waals surface area contributed by atoms with Crippen molar-refractivity contribution >= 4 is 11.6 Å². The highest BCUT2D eigenvalue weighted by atomic mass is 16.5. The van der Waals surface area contributed by atoms with Gasteiger partial charge in [-0.2, -0.15) is 5.10 Å². The molecule has 1 fully saturated rings. The van der Waals surface area contributed by atoms with Gasteiger partial charge in [0.2, 0.25) is 5.91 Å². The van der Waals surface area contributed by atoms with Crippen LogP contribution in [0.1, 0.15) is 6.42 Å². The number of rotatable bonds is 5. The fourth-order valence-corrected chi connectivity index (χ4v) is 2.19. The van der Waals surface area contributed by atoms with E-state index in [0.29, 0.717) is 32.7 Å². The molecule has 1 atom stereocenters. The Labute approximate surface area is 122 Å². The summed E-state index contributed by atoms with van der Waals surface area (Å²) in [6, 6.07) is 1.56. The van der Waals surface area contributed by atoms with Gasteiger partial charge in [-0.15, -0.1) is 0 Å². The Balaban J connectivity index is 1.89. The Kier molecular flexibility index (Phi) is 5.29. The summed E-state index contributed by atoms with van der Waals surface area (Å²) < 4.78 is 6.92. The fourth-order valence-electron chi connectivity index (χ4n) is 2.19. The van der Waals surface area contributed by atoms with Crippen LogP contribution in [0.2, 0.25) is 0 Å². The average Bonchev–Trinajstić information content (AvgIpc) is 2.50. The highest BCUT2D eigenvalue weighted by molar-refractivity contribution is 5.76. The highest BCUT2D eigenvalue weighted by Gasteiger charge is 2.21. The molecule has 1 aromatic heterocycles. The summed E-state index contributed by atoms with van der Waals surface area (Å²) in [4.78, 5) is 24.6. The maximum Gasteiger partial charge on any atom is 0.268 e. The molecular weight excluding hydrogens is 276 g/mol. The number of hydrogen-bond acceptors (Lipinski definition) is 6. The van der Waals surface area contributed by atoms with Gasteiger partial charge in [-0.1, -0.05) is 0 Å². The Morgan fingerprint density at radius 2 is 2.43 bits per heavy atom. The number of aryl methyl sites for hydroxylation is 1. The summed E-state index contributed by atoms with van der Waals surface area (Å²) in [7, 11) is 1.61. The van der Waals surface area contributed by atoms with Crippen molar-refractivity contribution < 1.29 is 14.6 Å². The van der Waals surface area contributed by atoms with Gasteiger partial charge in [0, 0.05) is 32.7 Å². The van der Waals surface area contributed by atoms with Gasteiger partial charge in [0.1, 0.15) is 6.61 Å². The van der Waals surface area contributed by atoms with Gasteiger partial charge in [0.05, 0.1) is 24.6 Å². The van der Waals surface area contributed by atoms with Gasteiger partial charge in [-0.05, 0) is 6.42 Å². The summed E-state index contributed by atoms with van der Waals surface area (Å²) >= 11 is 0. The molecule has 0 spiro atoms. The third-order valence-corrected chi connectivity index (χ3v) is 3.39. The van der Waals surface area contributed by atoms with Crippen molar-refractivity contribution in [2.75, 3.05) is 37.7 Å². The maximum atomic E-state index is 11.6. The molecule has 0 unspecified atom stereocenters. The molecule has 0 bridgehead atoms. The molecule has 0 aliphatic carbocycles. The van der Waals surface area contributed by atoms with Crippen molar-refractivity contribution in [3.63, 3.8) is 0 Å². The van der Waals surface area contributed by atoms with Crippen LogP contribution in [0.5, 0.6) is 0 Å². The molecule has 8 nitrogen and oxygen atoms in total. The number of carbonyl (C=O) groups is 1.